The Kier molecular flexibility index (Phi) is 3.79. The zero-order chi connectivity index (χ0) is 11.5. The molecule has 0 aromatic carbocycles. The molecule has 4 heteroatoms. The summed E-state index contributed by atoms with van der Waals surface area (Å²) in [6.45, 7) is 1.88. The fourth-order valence-electron chi connectivity index (χ4n) is 2.19. The predicted molar refractivity (Wildman–Crippen MR) is 51.5 cm³/mol. The smallest absolute Gasteiger partial charge is 0.299 e. The number of halogens is 3. The van der Waals surface area contributed by atoms with Gasteiger partial charge in [0.05, 0.1) is 0 Å². The Bertz CT molecular complexity index is 226. The van der Waals surface area contributed by atoms with Gasteiger partial charge in [-0.1, -0.05) is 19.8 Å². The van der Waals surface area contributed by atoms with E-state index in [0.717, 1.165) is 25.7 Å². The van der Waals surface area contributed by atoms with E-state index in [-0.39, 0.29) is 24.0 Å². The average Bonchev–Trinajstić information content (AvgIpc) is 2.51. The highest BCUT2D eigenvalue weighted by Crippen LogP contribution is 2.39. The minimum Gasteiger partial charge on any atom is -0.299 e. The second-order valence-corrected chi connectivity index (χ2v) is 4.66. The summed E-state index contributed by atoms with van der Waals surface area (Å²) in [5.41, 5.74) is -0.328. The lowest BCUT2D eigenvalue weighted by atomic mass is 9.82. The number of alkyl halides is 3. The summed E-state index contributed by atoms with van der Waals surface area (Å²) >= 11 is 0. The van der Waals surface area contributed by atoms with Crippen molar-refractivity contribution >= 4 is 5.78 Å². The number of hydrogen-bond acceptors (Lipinski definition) is 1. The topological polar surface area (TPSA) is 17.1 Å². The Labute approximate surface area is 88.0 Å². The van der Waals surface area contributed by atoms with E-state index in [0.29, 0.717) is 0 Å². The van der Waals surface area contributed by atoms with E-state index in [2.05, 4.69) is 0 Å². The highest BCUT2D eigenvalue weighted by Gasteiger charge is 2.36. The van der Waals surface area contributed by atoms with Crippen LogP contribution in [0.1, 0.15) is 51.9 Å². The van der Waals surface area contributed by atoms with Crippen LogP contribution in [0.3, 0.4) is 0 Å². The molecule has 0 atom stereocenters. The summed E-state index contributed by atoms with van der Waals surface area (Å²) < 4.78 is 35.6. The van der Waals surface area contributed by atoms with Crippen molar-refractivity contribution in [3.63, 3.8) is 0 Å². The molecule has 0 bridgehead atoms. The number of carbonyl (C=O) groups is 1. The molecule has 1 aliphatic carbocycles. The van der Waals surface area contributed by atoms with Gasteiger partial charge in [0.1, 0.15) is 5.78 Å². The Hall–Kier alpha value is -0.540. The van der Waals surface area contributed by atoms with Gasteiger partial charge >= 0.3 is 6.18 Å². The van der Waals surface area contributed by atoms with E-state index in [9.17, 15) is 18.0 Å². The predicted octanol–water partition coefficient (Wildman–Crippen LogP) is 3.87. The zero-order valence-corrected chi connectivity index (χ0v) is 8.99. The molecule has 88 valence electrons. The normalized spacial score (nSPS) is 20.5. The van der Waals surface area contributed by atoms with Crippen LogP contribution in [0, 0.1) is 5.41 Å². The van der Waals surface area contributed by atoms with E-state index in [1.807, 2.05) is 6.92 Å². The molecule has 0 radical (unpaired) electrons. The van der Waals surface area contributed by atoms with Crippen LogP contribution in [0.5, 0.6) is 0 Å². The van der Waals surface area contributed by atoms with Gasteiger partial charge in [-0.05, 0) is 19.3 Å². The van der Waals surface area contributed by atoms with Crippen LogP contribution in [-0.4, -0.2) is 12.0 Å². The summed E-state index contributed by atoms with van der Waals surface area (Å²) in [5.74, 6) is 0.0178. The molecular formula is C11H17F3O. The van der Waals surface area contributed by atoms with Gasteiger partial charge in [0.25, 0.3) is 0 Å². The summed E-state index contributed by atoms with van der Waals surface area (Å²) in [5, 5.41) is 0. The molecule has 1 rings (SSSR count). The summed E-state index contributed by atoms with van der Waals surface area (Å²) in [4.78, 5) is 11.7. The average molecular weight is 222 g/mol. The van der Waals surface area contributed by atoms with E-state index < -0.39 is 12.6 Å². The van der Waals surface area contributed by atoms with Gasteiger partial charge in [-0.3, -0.25) is 4.79 Å². The number of Topliss-reactive ketones (excluding diaryl/α,β-unsaturated/α-hetero) is 1. The van der Waals surface area contributed by atoms with Crippen molar-refractivity contribution < 1.29 is 18.0 Å². The largest absolute Gasteiger partial charge is 0.389 e. The van der Waals surface area contributed by atoms with Gasteiger partial charge in [0, 0.05) is 18.3 Å². The zero-order valence-electron chi connectivity index (χ0n) is 8.99. The Morgan fingerprint density at radius 2 is 1.80 bits per heavy atom. The van der Waals surface area contributed by atoms with Crippen LogP contribution in [0.4, 0.5) is 13.2 Å². The third kappa shape index (κ3) is 3.84. The molecule has 0 aromatic rings. The first kappa shape index (κ1) is 12.5. The first-order valence-corrected chi connectivity index (χ1v) is 5.44. The number of rotatable bonds is 4. The van der Waals surface area contributed by atoms with Crippen molar-refractivity contribution in [2.45, 2.75) is 58.0 Å². The molecule has 0 spiro atoms. The quantitative estimate of drug-likeness (QED) is 0.705. The van der Waals surface area contributed by atoms with E-state index in [4.69, 9.17) is 0 Å². The number of carbonyl (C=O) groups excluding carboxylic acids is 1. The Balaban J connectivity index is 2.30. The first-order chi connectivity index (χ1) is 6.83. The molecular weight excluding hydrogens is 205 g/mol. The second-order valence-electron chi connectivity index (χ2n) is 4.66. The molecule has 0 aromatic heterocycles. The van der Waals surface area contributed by atoms with E-state index in [1.54, 1.807) is 0 Å². The Morgan fingerprint density at radius 3 is 2.27 bits per heavy atom. The Morgan fingerprint density at radius 1 is 1.27 bits per heavy atom. The molecule has 1 fully saturated rings. The van der Waals surface area contributed by atoms with Crippen molar-refractivity contribution in [2.24, 2.45) is 5.41 Å². The van der Waals surface area contributed by atoms with Gasteiger partial charge in [0.15, 0.2) is 0 Å². The molecule has 1 saturated carbocycles. The maximum atomic E-state index is 11.9. The molecule has 15 heavy (non-hydrogen) atoms. The van der Waals surface area contributed by atoms with Crippen molar-refractivity contribution in [1.29, 1.82) is 0 Å². The maximum absolute atomic E-state index is 11.9. The molecule has 0 N–H and O–H groups in total. The van der Waals surface area contributed by atoms with Crippen LogP contribution in [-0.2, 0) is 4.79 Å². The summed E-state index contributed by atoms with van der Waals surface area (Å²) in [7, 11) is 0. The SMILES string of the molecule is CC1(C(=O)CCCC(F)(F)F)CCCC1. The van der Waals surface area contributed by atoms with Gasteiger partial charge in [0.2, 0.25) is 0 Å². The third-order valence-electron chi connectivity index (χ3n) is 3.24. The highest BCUT2D eigenvalue weighted by atomic mass is 19.4. The second kappa shape index (κ2) is 4.54. The highest BCUT2D eigenvalue weighted by molar-refractivity contribution is 5.84. The molecule has 0 unspecified atom stereocenters. The standard InChI is InChI=1S/C11H17F3O/c1-10(6-2-3-7-10)9(15)5-4-8-11(12,13)14/h2-8H2,1H3. The number of ketones is 1. The first-order valence-electron chi connectivity index (χ1n) is 5.44. The van der Waals surface area contributed by atoms with Crippen LogP contribution in [0.2, 0.25) is 0 Å². The lowest BCUT2D eigenvalue weighted by molar-refractivity contribution is -0.138. The summed E-state index contributed by atoms with van der Waals surface area (Å²) in [6.07, 6.45) is -1.20. The molecule has 1 aliphatic rings. The molecule has 1 nitrogen and oxygen atoms in total. The van der Waals surface area contributed by atoms with Gasteiger partial charge in [-0.15, -0.1) is 0 Å². The molecule has 0 amide bonds. The minimum absolute atomic E-state index is 0.0178. The van der Waals surface area contributed by atoms with Gasteiger partial charge < -0.3 is 0 Å². The van der Waals surface area contributed by atoms with Crippen LogP contribution >= 0.6 is 0 Å². The summed E-state index contributed by atoms with van der Waals surface area (Å²) in [6, 6.07) is 0. The third-order valence-corrected chi connectivity index (χ3v) is 3.24. The van der Waals surface area contributed by atoms with Crippen LogP contribution < -0.4 is 0 Å². The minimum atomic E-state index is -4.13. The van der Waals surface area contributed by atoms with Crippen molar-refractivity contribution in [1.82, 2.24) is 0 Å². The lowest BCUT2D eigenvalue weighted by Gasteiger charge is -2.21. The van der Waals surface area contributed by atoms with Crippen molar-refractivity contribution in [3.05, 3.63) is 0 Å². The molecule has 0 saturated heterocycles. The van der Waals surface area contributed by atoms with Gasteiger partial charge in [-0.2, -0.15) is 13.2 Å². The fraction of sp³-hybridized carbons (Fsp3) is 0.909. The lowest BCUT2D eigenvalue weighted by Crippen LogP contribution is -2.24. The monoisotopic (exact) mass is 222 g/mol. The van der Waals surface area contributed by atoms with Gasteiger partial charge in [-0.25, -0.2) is 0 Å². The van der Waals surface area contributed by atoms with Crippen molar-refractivity contribution in [3.8, 4) is 0 Å². The van der Waals surface area contributed by atoms with E-state index in [1.165, 1.54) is 0 Å². The number of hydrogen-bond donors (Lipinski definition) is 0. The van der Waals surface area contributed by atoms with E-state index >= 15 is 0 Å². The fourth-order valence-corrected chi connectivity index (χ4v) is 2.19. The maximum Gasteiger partial charge on any atom is 0.389 e. The van der Waals surface area contributed by atoms with Crippen LogP contribution in [0.15, 0.2) is 0 Å². The molecule has 0 aliphatic heterocycles. The molecule has 0 heterocycles. The van der Waals surface area contributed by atoms with Crippen molar-refractivity contribution in [2.75, 3.05) is 0 Å². The van der Waals surface area contributed by atoms with Crippen LogP contribution in [0.25, 0.3) is 0 Å².